The Hall–Kier alpha value is -5.90. The lowest BCUT2D eigenvalue weighted by molar-refractivity contribution is 0.590. The van der Waals surface area contributed by atoms with Crippen LogP contribution in [0.15, 0.2) is 127 Å². The zero-order valence-corrected chi connectivity index (χ0v) is 29.0. The molecule has 0 aliphatic heterocycles. The van der Waals surface area contributed by atoms with Gasteiger partial charge in [0.05, 0.1) is 40.0 Å². The molecule has 0 amide bonds. The molecule has 0 saturated heterocycles. The van der Waals surface area contributed by atoms with Crippen LogP contribution in [0.3, 0.4) is 0 Å². The van der Waals surface area contributed by atoms with Crippen molar-refractivity contribution in [2.75, 3.05) is 0 Å². The lowest BCUT2D eigenvalue weighted by atomic mass is 9.85. The number of rotatable bonds is 4. The standard InChI is InChI=1S/C46H39N3/c1-45(2,3)36-17-19-42-40(26-36)41-27-37(46(4,5)6)18-20-43(41)49(42)44-38(32-13-9-7-10-14-32)24-35(25-39(44)33-15-11-8-12-16-33)34-22-30(28-47)21-31(23-34)29-48/h7-27H,1-6H3. The van der Waals surface area contributed by atoms with Crippen molar-refractivity contribution in [3.8, 4) is 51.2 Å². The van der Waals surface area contributed by atoms with Crippen LogP contribution < -0.4 is 0 Å². The fourth-order valence-corrected chi connectivity index (χ4v) is 6.84. The SMILES string of the molecule is CC(C)(C)c1ccc2c(c1)c1cc(C(C)(C)C)ccc1n2-c1c(-c2ccccc2)cc(-c2cc(C#N)cc(C#N)c2)cc1-c1ccccc1. The normalized spacial score (nSPS) is 11.8. The summed E-state index contributed by atoms with van der Waals surface area (Å²) >= 11 is 0. The second-order valence-corrected chi connectivity index (χ2v) is 15.0. The van der Waals surface area contributed by atoms with E-state index < -0.39 is 0 Å². The van der Waals surface area contributed by atoms with E-state index in [4.69, 9.17) is 0 Å². The molecule has 1 heterocycles. The third-order valence-corrected chi connectivity index (χ3v) is 9.52. The molecule has 7 aromatic rings. The Balaban J connectivity index is 1.67. The second-order valence-electron chi connectivity index (χ2n) is 15.0. The first-order valence-corrected chi connectivity index (χ1v) is 16.8. The van der Waals surface area contributed by atoms with Crippen molar-refractivity contribution < 1.29 is 0 Å². The van der Waals surface area contributed by atoms with E-state index in [9.17, 15) is 10.5 Å². The summed E-state index contributed by atoms with van der Waals surface area (Å²) in [5, 5.41) is 22.1. The molecule has 3 nitrogen and oxygen atoms in total. The van der Waals surface area contributed by atoms with E-state index in [1.807, 2.05) is 24.3 Å². The van der Waals surface area contributed by atoms with Crippen molar-refractivity contribution in [1.82, 2.24) is 4.57 Å². The van der Waals surface area contributed by atoms with E-state index >= 15 is 0 Å². The summed E-state index contributed by atoms with van der Waals surface area (Å²) in [5.74, 6) is 0. The summed E-state index contributed by atoms with van der Waals surface area (Å²) in [6.45, 7) is 13.6. The van der Waals surface area contributed by atoms with Crippen LogP contribution in [0, 0.1) is 22.7 Å². The maximum absolute atomic E-state index is 9.84. The highest BCUT2D eigenvalue weighted by Gasteiger charge is 2.24. The van der Waals surface area contributed by atoms with Gasteiger partial charge in [-0.3, -0.25) is 0 Å². The summed E-state index contributed by atoms with van der Waals surface area (Å²) < 4.78 is 2.45. The van der Waals surface area contributed by atoms with Gasteiger partial charge in [-0.15, -0.1) is 0 Å². The van der Waals surface area contributed by atoms with Crippen LogP contribution in [-0.2, 0) is 10.8 Å². The molecule has 7 rings (SSSR count). The van der Waals surface area contributed by atoms with Crippen LogP contribution >= 0.6 is 0 Å². The maximum Gasteiger partial charge on any atom is 0.0992 e. The average Bonchev–Trinajstić information content (AvgIpc) is 3.43. The van der Waals surface area contributed by atoms with Gasteiger partial charge in [0.15, 0.2) is 0 Å². The fourth-order valence-electron chi connectivity index (χ4n) is 6.84. The number of aromatic nitrogens is 1. The molecule has 0 saturated carbocycles. The molecule has 0 N–H and O–H groups in total. The van der Waals surface area contributed by atoms with Crippen molar-refractivity contribution in [1.29, 1.82) is 10.5 Å². The van der Waals surface area contributed by atoms with Crippen molar-refractivity contribution in [3.63, 3.8) is 0 Å². The zero-order valence-electron chi connectivity index (χ0n) is 29.0. The third-order valence-electron chi connectivity index (χ3n) is 9.52. The molecule has 0 aliphatic carbocycles. The van der Waals surface area contributed by atoms with E-state index in [-0.39, 0.29) is 10.8 Å². The largest absolute Gasteiger partial charge is 0.308 e. The molecule has 238 valence electrons. The van der Waals surface area contributed by atoms with Crippen molar-refractivity contribution in [3.05, 3.63) is 150 Å². The predicted molar refractivity (Wildman–Crippen MR) is 204 cm³/mol. The first-order valence-electron chi connectivity index (χ1n) is 16.8. The van der Waals surface area contributed by atoms with E-state index in [1.165, 1.54) is 21.9 Å². The van der Waals surface area contributed by atoms with Crippen molar-refractivity contribution >= 4 is 21.8 Å². The third kappa shape index (κ3) is 5.79. The molecule has 6 aromatic carbocycles. The molecule has 49 heavy (non-hydrogen) atoms. The zero-order chi connectivity index (χ0) is 34.5. The molecule has 0 spiro atoms. The highest BCUT2D eigenvalue weighted by molar-refractivity contribution is 6.11. The summed E-state index contributed by atoms with van der Waals surface area (Å²) in [6, 6.07) is 49.3. The van der Waals surface area contributed by atoms with Gasteiger partial charge in [-0.25, -0.2) is 0 Å². The smallest absolute Gasteiger partial charge is 0.0992 e. The highest BCUT2D eigenvalue weighted by atomic mass is 15.0. The van der Waals surface area contributed by atoms with Gasteiger partial charge in [-0.2, -0.15) is 10.5 Å². The van der Waals surface area contributed by atoms with Gasteiger partial charge in [-0.1, -0.05) is 114 Å². The number of benzene rings is 6. The quantitative estimate of drug-likeness (QED) is 0.194. The summed E-state index contributed by atoms with van der Waals surface area (Å²) in [5.41, 5.74) is 13.0. The van der Waals surface area contributed by atoms with Crippen LogP contribution in [0.25, 0.3) is 60.9 Å². The molecule has 0 atom stereocenters. The molecule has 0 radical (unpaired) electrons. The molecule has 0 fully saturated rings. The lowest BCUT2D eigenvalue weighted by Gasteiger charge is -2.22. The summed E-state index contributed by atoms with van der Waals surface area (Å²) in [4.78, 5) is 0. The number of hydrogen-bond donors (Lipinski definition) is 0. The van der Waals surface area contributed by atoms with Gasteiger partial charge < -0.3 is 4.57 Å². The van der Waals surface area contributed by atoms with Gasteiger partial charge in [0.2, 0.25) is 0 Å². The lowest BCUT2D eigenvalue weighted by Crippen LogP contribution is -2.10. The van der Waals surface area contributed by atoms with Crippen LogP contribution in [-0.4, -0.2) is 4.57 Å². The Morgan fingerprint density at radius 3 is 1.24 bits per heavy atom. The predicted octanol–water partition coefficient (Wildman–Crippen LogP) is 12.1. The minimum absolute atomic E-state index is 0.00343. The highest BCUT2D eigenvalue weighted by Crippen LogP contribution is 2.45. The monoisotopic (exact) mass is 633 g/mol. The molecule has 0 unspecified atom stereocenters. The molecule has 0 bridgehead atoms. The number of nitriles is 2. The Morgan fingerprint density at radius 2 is 0.857 bits per heavy atom. The number of nitrogens with zero attached hydrogens (tertiary/aromatic N) is 3. The minimum atomic E-state index is -0.00343. The Morgan fingerprint density at radius 1 is 0.449 bits per heavy atom. The molecular weight excluding hydrogens is 595 g/mol. The summed E-state index contributed by atoms with van der Waals surface area (Å²) in [7, 11) is 0. The van der Waals surface area contributed by atoms with E-state index in [2.05, 4.69) is 155 Å². The fraction of sp³-hybridized carbons (Fsp3) is 0.174. The molecule has 1 aromatic heterocycles. The van der Waals surface area contributed by atoms with Crippen molar-refractivity contribution in [2.24, 2.45) is 0 Å². The molecular formula is C46H39N3. The maximum atomic E-state index is 9.84. The number of hydrogen-bond acceptors (Lipinski definition) is 2. The van der Waals surface area contributed by atoms with Gasteiger partial charge in [0.1, 0.15) is 0 Å². The second kappa shape index (κ2) is 12.0. The van der Waals surface area contributed by atoms with E-state index in [0.29, 0.717) is 11.1 Å². The molecule has 3 heteroatoms. The summed E-state index contributed by atoms with van der Waals surface area (Å²) in [6.07, 6.45) is 0. The van der Waals surface area contributed by atoms with Gasteiger partial charge in [0.25, 0.3) is 0 Å². The van der Waals surface area contributed by atoms with Crippen LogP contribution in [0.5, 0.6) is 0 Å². The van der Waals surface area contributed by atoms with E-state index in [1.54, 1.807) is 6.07 Å². The molecule has 0 aliphatic rings. The average molecular weight is 634 g/mol. The first kappa shape index (κ1) is 31.7. The van der Waals surface area contributed by atoms with E-state index in [0.717, 1.165) is 50.1 Å². The van der Waals surface area contributed by atoms with Crippen LogP contribution in [0.1, 0.15) is 63.8 Å². The van der Waals surface area contributed by atoms with Gasteiger partial charge in [0, 0.05) is 21.9 Å². The minimum Gasteiger partial charge on any atom is -0.308 e. The first-order chi connectivity index (χ1) is 23.5. The van der Waals surface area contributed by atoms with Crippen molar-refractivity contribution in [2.45, 2.75) is 52.4 Å². The van der Waals surface area contributed by atoms with Crippen LogP contribution in [0.4, 0.5) is 0 Å². The Labute approximate surface area is 289 Å². The van der Waals surface area contributed by atoms with Gasteiger partial charge >= 0.3 is 0 Å². The van der Waals surface area contributed by atoms with Gasteiger partial charge in [-0.05, 0) is 98.8 Å². The van der Waals surface area contributed by atoms with Crippen LogP contribution in [0.2, 0.25) is 0 Å². The Bertz CT molecular complexity index is 2290. The Kier molecular flexibility index (Phi) is 7.74. The number of fused-ring (bicyclic) bond motifs is 3. The topological polar surface area (TPSA) is 52.5 Å².